The van der Waals surface area contributed by atoms with Gasteiger partial charge in [0.25, 0.3) is 0 Å². The van der Waals surface area contributed by atoms with E-state index in [-0.39, 0.29) is 5.91 Å². The molecule has 1 amide bonds. The van der Waals surface area contributed by atoms with Gasteiger partial charge in [-0.25, -0.2) is 9.97 Å². The zero-order valence-electron chi connectivity index (χ0n) is 15.6. The lowest BCUT2D eigenvalue weighted by Crippen LogP contribution is -2.37. The first-order valence-electron chi connectivity index (χ1n) is 9.40. The highest BCUT2D eigenvalue weighted by molar-refractivity contribution is 5.79. The van der Waals surface area contributed by atoms with Crippen molar-refractivity contribution in [3.8, 4) is 5.75 Å². The van der Waals surface area contributed by atoms with Crippen LogP contribution in [0.15, 0.2) is 30.5 Å². The van der Waals surface area contributed by atoms with E-state index in [2.05, 4.69) is 9.88 Å². The van der Waals surface area contributed by atoms with Gasteiger partial charge in [0.2, 0.25) is 11.9 Å². The number of anilines is 1. The van der Waals surface area contributed by atoms with Crippen molar-refractivity contribution in [1.82, 2.24) is 14.9 Å². The fourth-order valence-corrected chi connectivity index (χ4v) is 3.39. The molecule has 1 fully saturated rings. The van der Waals surface area contributed by atoms with Crippen LogP contribution in [0, 0.1) is 0 Å². The molecule has 3 heterocycles. The molecule has 0 atom stereocenters. The van der Waals surface area contributed by atoms with E-state index in [1.54, 1.807) is 0 Å². The smallest absolute Gasteiger partial charge is 0.227 e. The maximum atomic E-state index is 12.7. The number of morpholine rings is 1. The van der Waals surface area contributed by atoms with Crippen molar-refractivity contribution in [2.24, 2.45) is 0 Å². The Morgan fingerprint density at radius 3 is 2.70 bits per heavy atom. The van der Waals surface area contributed by atoms with Gasteiger partial charge in [0.05, 0.1) is 38.5 Å². The van der Waals surface area contributed by atoms with Crippen LogP contribution in [-0.2, 0) is 29.0 Å². The number of carbonyl (C=O) groups is 1. The molecule has 0 bridgehead atoms. The minimum atomic E-state index is 0.102. The lowest BCUT2D eigenvalue weighted by Gasteiger charge is -2.26. The van der Waals surface area contributed by atoms with Crippen molar-refractivity contribution in [2.75, 3.05) is 37.8 Å². The molecule has 7 heteroatoms. The van der Waals surface area contributed by atoms with Crippen molar-refractivity contribution in [2.45, 2.75) is 26.4 Å². The largest absolute Gasteiger partial charge is 0.494 e. The number of amides is 1. The highest BCUT2D eigenvalue weighted by atomic mass is 16.5. The number of fused-ring (bicyclic) bond motifs is 1. The molecular formula is C20H24N4O3. The molecule has 4 rings (SSSR count). The van der Waals surface area contributed by atoms with Gasteiger partial charge in [0, 0.05) is 31.4 Å². The zero-order valence-corrected chi connectivity index (χ0v) is 15.6. The summed E-state index contributed by atoms with van der Waals surface area (Å²) in [6.45, 7) is 6.73. The second kappa shape index (κ2) is 7.92. The molecule has 142 valence electrons. The predicted molar refractivity (Wildman–Crippen MR) is 101 cm³/mol. The fourth-order valence-electron chi connectivity index (χ4n) is 3.39. The van der Waals surface area contributed by atoms with Crippen molar-refractivity contribution >= 4 is 11.9 Å². The number of hydrogen-bond acceptors (Lipinski definition) is 6. The molecule has 2 aliphatic rings. The Morgan fingerprint density at radius 2 is 1.96 bits per heavy atom. The molecule has 0 N–H and O–H groups in total. The van der Waals surface area contributed by atoms with Crippen molar-refractivity contribution in [3.05, 3.63) is 47.3 Å². The predicted octanol–water partition coefficient (Wildman–Crippen LogP) is 1.80. The van der Waals surface area contributed by atoms with Gasteiger partial charge in [-0.1, -0.05) is 12.1 Å². The molecule has 1 saturated heterocycles. The van der Waals surface area contributed by atoms with Crippen LogP contribution in [0.3, 0.4) is 0 Å². The Morgan fingerprint density at radius 1 is 1.19 bits per heavy atom. The number of benzene rings is 1. The molecule has 1 aromatic heterocycles. The first kappa shape index (κ1) is 17.7. The third kappa shape index (κ3) is 4.03. The lowest BCUT2D eigenvalue weighted by molar-refractivity contribution is -0.131. The summed E-state index contributed by atoms with van der Waals surface area (Å²) in [6.07, 6.45) is 2.24. The van der Waals surface area contributed by atoms with E-state index in [0.29, 0.717) is 39.3 Å². The first-order chi connectivity index (χ1) is 13.2. The Bertz CT molecular complexity index is 803. The van der Waals surface area contributed by atoms with Gasteiger partial charge in [-0.3, -0.25) is 4.79 Å². The number of ether oxygens (including phenoxy) is 2. The number of carbonyl (C=O) groups excluding carboxylic acids is 1. The SMILES string of the molecule is CCOc1ccc(CC(=O)N2Cc3cnc(N4CCOCC4)nc3C2)cc1. The summed E-state index contributed by atoms with van der Waals surface area (Å²) >= 11 is 0. The van der Waals surface area contributed by atoms with E-state index in [1.165, 1.54) is 0 Å². The Kier molecular flexibility index (Phi) is 5.20. The van der Waals surface area contributed by atoms with Crippen molar-refractivity contribution in [3.63, 3.8) is 0 Å². The topological polar surface area (TPSA) is 67.8 Å². The van der Waals surface area contributed by atoms with Gasteiger partial charge in [0.1, 0.15) is 5.75 Å². The monoisotopic (exact) mass is 368 g/mol. The van der Waals surface area contributed by atoms with E-state index in [9.17, 15) is 4.79 Å². The molecule has 2 aliphatic heterocycles. The molecule has 0 spiro atoms. The van der Waals surface area contributed by atoms with Gasteiger partial charge < -0.3 is 19.3 Å². The summed E-state index contributed by atoms with van der Waals surface area (Å²) < 4.78 is 10.8. The standard InChI is InChI=1S/C20H24N4O3/c1-2-27-17-5-3-15(4-6-17)11-19(25)24-13-16-12-21-20(22-18(16)14-24)23-7-9-26-10-8-23/h3-6,12H,2,7-11,13-14H2,1H3. The van der Waals surface area contributed by atoms with E-state index in [4.69, 9.17) is 14.5 Å². The van der Waals surface area contributed by atoms with Gasteiger partial charge in [-0.2, -0.15) is 0 Å². The molecule has 27 heavy (non-hydrogen) atoms. The number of nitrogens with zero attached hydrogens (tertiary/aromatic N) is 4. The summed E-state index contributed by atoms with van der Waals surface area (Å²) in [5.41, 5.74) is 2.97. The summed E-state index contributed by atoms with van der Waals surface area (Å²) in [6, 6.07) is 7.71. The van der Waals surface area contributed by atoms with Crippen LogP contribution < -0.4 is 9.64 Å². The number of rotatable bonds is 5. The molecule has 2 aromatic rings. The highest BCUT2D eigenvalue weighted by Gasteiger charge is 2.26. The molecule has 0 radical (unpaired) electrons. The molecule has 0 aliphatic carbocycles. The van der Waals surface area contributed by atoms with Crippen LogP contribution in [0.2, 0.25) is 0 Å². The average molecular weight is 368 g/mol. The quantitative estimate of drug-likeness (QED) is 0.802. The summed E-state index contributed by atoms with van der Waals surface area (Å²) in [5, 5.41) is 0. The minimum Gasteiger partial charge on any atom is -0.494 e. The van der Waals surface area contributed by atoms with Crippen molar-refractivity contribution < 1.29 is 14.3 Å². The molecular weight excluding hydrogens is 344 g/mol. The van der Waals surface area contributed by atoms with Gasteiger partial charge in [-0.15, -0.1) is 0 Å². The van der Waals surface area contributed by atoms with Crippen LogP contribution in [-0.4, -0.2) is 53.7 Å². The van der Waals surface area contributed by atoms with Crippen LogP contribution in [0.25, 0.3) is 0 Å². The van der Waals surface area contributed by atoms with E-state index in [1.807, 2.05) is 42.3 Å². The van der Waals surface area contributed by atoms with Gasteiger partial charge in [0.15, 0.2) is 0 Å². The van der Waals surface area contributed by atoms with Crippen LogP contribution in [0.5, 0.6) is 5.75 Å². The summed E-state index contributed by atoms with van der Waals surface area (Å²) in [4.78, 5) is 25.9. The van der Waals surface area contributed by atoms with E-state index >= 15 is 0 Å². The fraction of sp³-hybridized carbons (Fsp3) is 0.450. The molecule has 1 aromatic carbocycles. The Balaban J connectivity index is 1.39. The number of hydrogen-bond donors (Lipinski definition) is 0. The second-order valence-corrected chi connectivity index (χ2v) is 6.74. The third-order valence-electron chi connectivity index (χ3n) is 4.88. The second-order valence-electron chi connectivity index (χ2n) is 6.74. The van der Waals surface area contributed by atoms with Crippen LogP contribution in [0.1, 0.15) is 23.7 Å². The maximum absolute atomic E-state index is 12.7. The van der Waals surface area contributed by atoms with E-state index in [0.717, 1.165) is 41.6 Å². The Hall–Kier alpha value is -2.67. The molecule has 7 nitrogen and oxygen atoms in total. The lowest BCUT2D eigenvalue weighted by atomic mass is 10.1. The third-order valence-corrected chi connectivity index (χ3v) is 4.88. The summed E-state index contributed by atoms with van der Waals surface area (Å²) in [5.74, 6) is 1.66. The molecule has 0 unspecified atom stereocenters. The maximum Gasteiger partial charge on any atom is 0.227 e. The Labute approximate surface area is 158 Å². The molecule has 0 saturated carbocycles. The van der Waals surface area contributed by atoms with Gasteiger partial charge in [-0.05, 0) is 24.6 Å². The minimum absolute atomic E-state index is 0.102. The van der Waals surface area contributed by atoms with Crippen LogP contribution in [0.4, 0.5) is 5.95 Å². The average Bonchev–Trinajstić information content (AvgIpc) is 3.14. The van der Waals surface area contributed by atoms with Gasteiger partial charge >= 0.3 is 0 Å². The summed E-state index contributed by atoms with van der Waals surface area (Å²) in [7, 11) is 0. The first-order valence-corrected chi connectivity index (χ1v) is 9.40. The van der Waals surface area contributed by atoms with Crippen molar-refractivity contribution in [1.29, 1.82) is 0 Å². The van der Waals surface area contributed by atoms with Crippen LogP contribution >= 0.6 is 0 Å². The zero-order chi connectivity index (χ0) is 18.6. The number of aromatic nitrogens is 2. The normalized spacial score (nSPS) is 16.3. The van der Waals surface area contributed by atoms with E-state index < -0.39 is 0 Å². The highest BCUT2D eigenvalue weighted by Crippen LogP contribution is 2.24.